The summed E-state index contributed by atoms with van der Waals surface area (Å²) in [6, 6.07) is 9.43. The zero-order valence-corrected chi connectivity index (χ0v) is 18.3. The molecule has 6 nitrogen and oxygen atoms in total. The van der Waals surface area contributed by atoms with Crippen molar-refractivity contribution in [3.8, 4) is 5.75 Å². The van der Waals surface area contributed by atoms with Gasteiger partial charge in [0.2, 0.25) is 10.0 Å². The monoisotopic (exact) mass is 456 g/mol. The van der Waals surface area contributed by atoms with E-state index >= 15 is 0 Å². The normalized spacial score (nSPS) is 15.1. The molecule has 1 aliphatic heterocycles. The van der Waals surface area contributed by atoms with Crippen LogP contribution in [0.1, 0.15) is 24.8 Å². The van der Waals surface area contributed by atoms with Gasteiger partial charge in [-0.1, -0.05) is 29.6 Å². The molecule has 0 unspecified atom stereocenters. The Bertz CT molecular complexity index is 1010. The molecule has 1 fully saturated rings. The van der Waals surface area contributed by atoms with E-state index in [0.29, 0.717) is 23.8 Å². The second-order valence-electron chi connectivity index (χ2n) is 6.85. The second-order valence-corrected chi connectivity index (χ2v) is 9.63. The topological polar surface area (TPSA) is 75.7 Å². The lowest BCUT2D eigenvalue weighted by Crippen LogP contribution is -2.35. The number of halogens is 2. The molecule has 0 radical (unpaired) electrons. The molecule has 156 valence electrons. The smallest absolute Gasteiger partial charge is 0.262 e. The van der Waals surface area contributed by atoms with E-state index in [2.05, 4.69) is 5.32 Å². The van der Waals surface area contributed by atoms with Crippen LogP contribution < -0.4 is 10.1 Å². The van der Waals surface area contributed by atoms with E-state index < -0.39 is 10.0 Å². The van der Waals surface area contributed by atoms with E-state index in [-0.39, 0.29) is 28.2 Å². The lowest BCUT2D eigenvalue weighted by atomic mass is 10.2. The number of carbonyl (C=O) groups excluding carboxylic acids is 1. The summed E-state index contributed by atoms with van der Waals surface area (Å²) in [5.74, 6) is -0.122. The van der Waals surface area contributed by atoms with Crippen LogP contribution in [0.25, 0.3) is 0 Å². The average Bonchev–Trinajstić information content (AvgIpc) is 2.70. The molecule has 0 spiro atoms. The molecule has 9 heteroatoms. The van der Waals surface area contributed by atoms with Crippen molar-refractivity contribution in [2.75, 3.05) is 25.0 Å². The third-order valence-corrected chi connectivity index (χ3v) is 7.10. The maximum Gasteiger partial charge on any atom is 0.262 e. The van der Waals surface area contributed by atoms with Crippen LogP contribution >= 0.6 is 23.2 Å². The Hall–Kier alpha value is -1.80. The number of benzene rings is 2. The average molecular weight is 457 g/mol. The number of rotatable bonds is 6. The second kappa shape index (κ2) is 9.34. The minimum atomic E-state index is -3.58. The van der Waals surface area contributed by atoms with Gasteiger partial charge in [-0.15, -0.1) is 0 Å². The summed E-state index contributed by atoms with van der Waals surface area (Å²) in [6.45, 7) is 2.60. The fraction of sp³-hybridized carbons (Fsp3) is 0.350. The molecule has 0 bridgehead atoms. The van der Waals surface area contributed by atoms with Gasteiger partial charge >= 0.3 is 0 Å². The van der Waals surface area contributed by atoms with Crippen molar-refractivity contribution in [1.82, 2.24) is 4.31 Å². The summed E-state index contributed by atoms with van der Waals surface area (Å²) in [5.41, 5.74) is 1.47. The van der Waals surface area contributed by atoms with Crippen molar-refractivity contribution >= 4 is 44.8 Å². The molecule has 0 atom stereocenters. The third-order valence-electron chi connectivity index (χ3n) is 4.68. The number of aryl methyl sites for hydroxylation is 1. The lowest BCUT2D eigenvalue weighted by molar-refractivity contribution is -0.118. The van der Waals surface area contributed by atoms with Crippen molar-refractivity contribution < 1.29 is 17.9 Å². The van der Waals surface area contributed by atoms with Gasteiger partial charge in [0.1, 0.15) is 5.75 Å². The molecule has 1 heterocycles. The highest BCUT2D eigenvalue weighted by molar-refractivity contribution is 7.89. The molecule has 1 amide bonds. The molecule has 1 saturated heterocycles. The van der Waals surface area contributed by atoms with Crippen LogP contribution in [0.2, 0.25) is 10.0 Å². The minimum absolute atomic E-state index is 0.123. The van der Waals surface area contributed by atoms with Crippen LogP contribution in [0.3, 0.4) is 0 Å². The maximum absolute atomic E-state index is 12.7. The zero-order chi connectivity index (χ0) is 21.0. The first-order valence-electron chi connectivity index (χ1n) is 9.26. The van der Waals surface area contributed by atoms with E-state index in [0.717, 1.165) is 24.8 Å². The number of sulfonamides is 1. The van der Waals surface area contributed by atoms with Crippen LogP contribution in [0, 0.1) is 6.92 Å². The van der Waals surface area contributed by atoms with E-state index in [1.807, 2.05) is 6.92 Å². The first-order chi connectivity index (χ1) is 13.8. The van der Waals surface area contributed by atoms with Crippen LogP contribution in [-0.4, -0.2) is 38.3 Å². The summed E-state index contributed by atoms with van der Waals surface area (Å²) in [6.07, 6.45) is 2.75. The number of nitrogens with one attached hydrogen (secondary N) is 1. The van der Waals surface area contributed by atoms with Crippen molar-refractivity contribution in [3.63, 3.8) is 0 Å². The number of amides is 1. The minimum Gasteiger partial charge on any atom is -0.482 e. The van der Waals surface area contributed by atoms with E-state index in [1.165, 1.54) is 22.5 Å². The van der Waals surface area contributed by atoms with Crippen molar-refractivity contribution in [1.29, 1.82) is 0 Å². The molecular formula is C20H22Cl2N2O4S. The van der Waals surface area contributed by atoms with Gasteiger partial charge in [0.15, 0.2) is 6.61 Å². The lowest BCUT2D eigenvalue weighted by Gasteiger charge is -2.26. The molecule has 0 saturated carbocycles. The van der Waals surface area contributed by atoms with Gasteiger partial charge in [-0.05, 0) is 61.7 Å². The molecule has 1 aliphatic rings. The highest BCUT2D eigenvalue weighted by atomic mass is 35.5. The highest BCUT2D eigenvalue weighted by Crippen LogP contribution is 2.30. The van der Waals surface area contributed by atoms with Crippen molar-refractivity contribution in [2.24, 2.45) is 0 Å². The fourth-order valence-electron chi connectivity index (χ4n) is 3.11. The Morgan fingerprint density at radius 2 is 1.83 bits per heavy atom. The van der Waals surface area contributed by atoms with Gasteiger partial charge in [-0.2, -0.15) is 4.31 Å². The van der Waals surface area contributed by atoms with Crippen LogP contribution in [0.4, 0.5) is 5.69 Å². The summed E-state index contributed by atoms with van der Waals surface area (Å²) in [5, 5.41) is 3.46. The summed E-state index contributed by atoms with van der Waals surface area (Å²) in [4.78, 5) is 12.3. The Morgan fingerprint density at radius 1 is 1.10 bits per heavy atom. The Balaban J connectivity index is 1.64. The molecular weight excluding hydrogens is 435 g/mol. The summed E-state index contributed by atoms with van der Waals surface area (Å²) >= 11 is 12.1. The molecule has 0 aromatic heterocycles. The first kappa shape index (κ1) is 21.9. The predicted molar refractivity (Wildman–Crippen MR) is 114 cm³/mol. The number of carbonyl (C=O) groups is 1. The number of nitrogens with zero attached hydrogens (tertiary/aromatic N) is 1. The van der Waals surface area contributed by atoms with Crippen LogP contribution in [0.15, 0.2) is 41.3 Å². The van der Waals surface area contributed by atoms with Crippen molar-refractivity contribution in [2.45, 2.75) is 31.1 Å². The Kier molecular flexibility index (Phi) is 7.05. The van der Waals surface area contributed by atoms with Gasteiger partial charge in [-0.3, -0.25) is 4.79 Å². The predicted octanol–water partition coefficient (Wildman–Crippen LogP) is 4.49. The van der Waals surface area contributed by atoms with E-state index in [4.69, 9.17) is 27.9 Å². The van der Waals surface area contributed by atoms with Crippen LogP contribution in [0.5, 0.6) is 5.75 Å². The van der Waals surface area contributed by atoms with Gasteiger partial charge in [0, 0.05) is 23.8 Å². The molecule has 1 N–H and O–H groups in total. The Morgan fingerprint density at radius 3 is 2.48 bits per heavy atom. The van der Waals surface area contributed by atoms with Gasteiger partial charge < -0.3 is 10.1 Å². The number of anilines is 1. The van der Waals surface area contributed by atoms with Gasteiger partial charge in [0.25, 0.3) is 5.91 Å². The van der Waals surface area contributed by atoms with Crippen LogP contribution in [-0.2, 0) is 14.8 Å². The van der Waals surface area contributed by atoms with Gasteiger partial charge in [-0.25, -0.2) is 8.42 Å². The third kappa shape index (κ3) is 5.42. The SMILES string of the molecule is Cc1cc(Cl)ccc1NC(=O)COc1ccc(S(=O)(=O)N2CCCCC2)cc1Cl. The quantitative estimate of drug-likeness (QED) is 0.694. The number of hydrogen-bond acceptors (Lipinski definition) is 4. The van der Waals surface area contributed by atoms with E-state index in [1.54, 1.807) is 18.2 Å². The Labute approximate surface area is 180 Å². The molecule has 3 rings (SSSR count). The fourth-order valence-corrected chi connectivity index (χ4v) is 5.18. The highest BCUT2D eigenvalue weighted by Gasteiger charge is 2.26. The maximum atomic E-state index is 12.7. The molecule has 2 aromatic rings. The van der Waals surface area contributed by atoms with Gasteiger partial charge in [0.05, 0.1) is 9.92 Å². The van der Waals surface area contributed by atoms with Crippen molar-refractivity contribution in [3.05, 3.63) is 52.0 Å². The largest absolute Gasteiger partial charge is 0.482 e. The number of ether oxygens (including phenoxy) is 1. The molecule has 0 aliphatic carbocycles. The number of hydrogen-bond donors (Lipinski definition) is 1. The number of piperidine rings is 1. The zero-order valence-electron chi connectivity index (χ0n) is 16.0. The standard InChI is InChI=1S/C20H22Cl2N2O4S/c1-14-11-15(21)5-7-18(14)23-20(25)13-28-19-8-6-16(12-17(19)22)29(26,27)24-9-3-2-4-10-24/h5-8,11-12H,2-4,9-10,13H2,1H3,(H,23,25). The van der Waals surface area contributed by atoms with E-state index in [9.17, 15) is 13.2 Å². The molecule has 2 aromatic carbocycles. The summed E-state index contributed by atoms with van der Waals surface area (Å²) in [7, 11) is -3.58. The first-order valence-corrected chi connectivity index (χ1v) is 11.5. The summed E-state index contributed by atoms with van der Waals surface area (Å²) < 4.78 is 32.4. The molecule has 29 heavy (non-hydrogen) atoms.